The van der Waals surface area contributed by atoms with Crippen LogP contribution in [0.3, 0.4) is 0 Å². The molecule has 1 N–H and O–H groups in total. The zero-order chi connectivity index (χ0) is 13.2. The first-order valence-corrected chi connectivity index (χ1v) is 7.27. The van der Waals surface area contributed by atoms with Crippen LogP contribution in [0.15, 0.2) is 23.6 Å². The number of benzene rings is 1. The topological polar surface area (TPSA) is 24.9 Å². The van der Waals surface area contributed by atoms with Crippen LogP contribution < -0.4 is 5.32 Å². The number of nitrogens with one attached hydrogen (secondary N) is 1. The summed E-state index contributed by atoms with van der Waals surface area (Å²) in [6, 6.07) is 4.44. The Kier molecular flexibility index (Phi) is 3.57. The predicted molar refractivity (Wildman–Crippen MR) is 72.1 cm³/mol. The molecule has 100 valence electrons. The number of thiazole rings is 1. The molecule has 1 atom stereocenters. The second-order valence-electron chi connectivity index (χ2n) is 4.67. The average molecular weight is 280 g/mol. The van der Waals surface area contributed by atoms with Crippen molar-refractivity contribution >= 4 is 11.3 Å². The van der Waals surface area contributed by atoms with Crippen LogP contribution >= 0.6 is 11.3 Å². The molecule has 0 radical (unpaired) electrons. The van der Waals surface area contributed by atoms with E-state index in [4.69, 9.17) is 0 Å². The van der Waals surface area contributed by atoms with E-state index in [1.165, 1.54) is 30.2 Å². The highest BCUT2D eigenvalue weighted by Crippen LogP contribution is 2.31. The van der Waals surface area contributed by atoms with E-state index in [1.54, 1.807) is 11.4 Å². The molecule has 0 saturated carbocycles. The van der Waals surface area contributed by atoms with Gasteiger partial charge in [-0.15, -0.1) is 11.3 Å². The molecule has 1 aliphatic heterocycles. The molecule has 2 heterocycles. The number of hydrogen-bond acceptors (Lipinski definition) is 3. The van der Waals surface area contributed by atoms with E-state index in [2.05, 4.69) is 10.3 Å². The summed E-state index contributed by atoms with van der Waals surface area (Å²) in [5, 5.41) is 6.16. The fraction of sp³-hybridized carbons (Fsp3) is 0.357. The second-order valence-corrected chi connectivity index (χ2v) is 5.56. The maximum Gasteiger partial charge on any atom is 0.168 e. The van der Waals surface area contributed by atoms with Gasteiger partial charge in [0.15, 0.2) is 11.6 Å². The number of nitrogens with zero attached hydrogens (tertiary/aromatic N) is 1. The minimum atomic E-state index is -0.831. The largest absolute Gasteiger partial charge is 0.308 e. The highest BCUT2D eigenvalue weighted by atomic mass is 32.1. The highest BCUT2D eigenvalue weighted by Gasteiger charge is 2.19. The predicted octanol–water partition coefficient (Wildman–Crippen LogP) is 3.90. The molecule has 1 aromatic carbocycles. The first-order valence-electron chi connectivity index (χ1n) is 6.39. The summed E-state index contributed by atoms with van der Waals surface area (Å²) in [5.41, 5.74) is 0.752. The molecule has 1 aromatic heterocycles. The summed E-state index contributed by atoms with van der Waals surface area (Å²) in [4.78, 5) is 4.46. The number of hydrogen-bond donors (Lipinski definition) is 1. The summed E-state index contributed by atoms with van der Waals surface area (Å²) in [6.07, 6.45) is 3.42. The van der Waals surface area contributed by atoms with E-state index < -0.39 is 11.6 Å². The third-order valence-corrected chi connectivity index (χ3v) is 4.32. The fourth-order valence-corrected chi connectivity index (χ4v) is 3.26. The van der Waals surface area contributed by atoms with Gasteiger partial charge in [-0.1, -0.05) is 12.5 Å². The normalized spacial score (nSPS) is 19.6. The monoisotopic (exact) mass is 280 g/mol. The second kappa shape index (κ2) is 5.35. The Bertz CT molecular complexity index is 577. The van der Waals surface area contributed by atoms with Crippen LogP contribution in [0.4, 0.5) is 8.78 Å². The Morgan fingerprint density at radius 3 is 2.95 bits per heavy atom. The molecule has 5 heteroatoms. The molecule has 1 aliphatic rings. The Hall–Kier alpha value is -1.33. The van der Waals surface area contributed by atoms with E-state index in [1.807, 2.05) is 0 Å². The Labute approximate surface area is 114 Å². The van der Waals surface area contributed by atoms with Gasteiger partial charge in [-0.05, 0) is 31.5 Å². The standard InChI is InChI=1S/C14H14F2N2S/c15-10-5-3-4-9(13(10)16)12-8-19-14(18-12)11-6-1-2-7-17-11/h3-5,8,11,17H,1-2,6-7H2. The molecule has 0 amide bonds. The Morgan fingerprint density at radius 2 is 2.16 bits per heavy atom. The van der Waals surface area contributed by atoms with Gasteiger partial charge in [0.2, 0.25) is 0 Å². The maximum absolute atomic E-state index is 13.7. The van der Waals surface area contributed by atoms with Crippen LogP contribution in [-0.4, -0.2) is 11.5 Å². The van der Waals surface area contributed by atoms with Gasteiger partial charge in [0.05, 0.1) is 11.7 Å². The van der Waals surface area contributed by atoms with Crippen molar-refractivity contribution in [2.75, 3.05) is 6.54 Å². The van der Waals surface area contributed by atoms with Crippen LogP contribution in [0.2, 0.25) is 0 Å². The Morgan fingerprint density at radius 1 is 1.26 bits per heavy atom. The molecular formula is C14H14F2N2S. The van der Waals surface area contributed by atoms with E-state index >= 15 is 0 Å². The van der Waals surface area contributed by atoms with Gasteiger partial charge < -0.3 is 5.32 Å². The average Bonchev–Trinajstić information content (AvgIpc) is 2.92. The van der Waals surface area contributed by atoms with Gasteiger partial charge in [0, 0.05) is 10.9 Å². The van der Waals surface area contributed by atoms with Gasteiger partial charge in [-0.25, -0.2) is 13.8 Å². The summed E-state index contributed by atoms with van der Waals surface area (Å²) in [5.74, 6) is -1.65. The van der Waals surface area contributed by atoms with Crippen molar-refractivity contribution in [2.45, 2.75) is 25.3 Å². The first-order chi connectivity index (χ1) is 9.25. The molecule has 1 unspecified atom stereocenters. The minimum absolute atomic E-state index is 0.235. The van der Waals surface area contributed by atoms with Crippen LogP contribution in [0, 0.1) is 11.6 Å². The zero-order valence-electron chi connectivity index (χ0n) is 10.3. The lowest BCUT2D eigenvalue weighted by Gasteiger charge is -2.21. The molecule has 3 rings (SSSR count). The lowest BCUT2D eigenvalue weighted by Crippen LogP contribution is -2.26. The lowest BCUT2D eigenvalue weighted by atomic mass is 10.1. The van der Waals surface area contributed by atoms with E-state index in [-0.39, 0.29) is 11.6 Å². The summed E-state index contributed by atoms with van der Waals surface area (Å²) in [6.45, 7) is 0.994. The molecule has 19 heavy (non-hydrogen) atoms. The van der Waals surface area contributed by atoms with Gasteiger partial charge in [0.1, 0.15) is 5.01 Å². The number of piperidine rings is 1. The van der Waals surface area contributed by atoms with E-state index in [0.29, 0.717) is 5.69 Å². The minimum Gasteiger partial charge on any atom is -0.308 e. The smallest absolute Gasteiger partial charge is 0.168 e. The van der Waals surface area contributed by atoms with Crippen LogP contribution in [0.1, 0.15) is 30.3 Å². The summed E-state index contributed by atoms with van der Waals surface area (Å²) in [7, 11) is 0. The van der Waals surface area contributed by atoms with Crippen molar-refractivity contribution in [1.82, 2.24) is 10.3 Å². The van der Waals surface area contributed by atoms with Gasteiger partial charge in [-0.3, -0.25) is 0 Å². The molecule has 0 aliphatic carbocycles. The van der Waals surface area contributed by atoms with Crippen molar-refractivity contribution in [1.29, 1.82) is 0 Å². The van der Waals surface area contributed by atoms with Crippen molar-refractivity contribution in [2.24, 2.45) is 0 Å². The molecule has 0 bridgehead atoms. The Balaban J connectivity index is 1.90. The highest BCUT2D eigenvalue weighted by molar-refractivity contribution is 7.10. The molecule has 1 saturated heterocycles. The van der Waals surface area contributed by atoms with Crippen LogP contribution in [0.25, 0.3) is 11.3 Å². The van der Waals surface area contributed by atoms with Crippen molar-refractivity contribution < 1.29 is 8.78 Å². The molecule has 0 spiro atoms. The number of aromatic nitrogens is 1. The quantitative estimate of drug-likeness (QED) is 0.902. The lowest BCUT2D eigenvalue weighted by molar-refractivity contribution is 0.411. The molecular weight excluding hydrogens is 266 g/mol. The zero-order valence-corrected chi connectivity index (χ0v) is 11.1. The number of halogens is 2. The number of rotatable bonds is 2. The van der Waals surface area contributed by atoms with Gasteiger partial charge in [-0.2, -0.15) is 0 Å². The van der Waals surface area contributed by atoms with Crippen LogP contribution in [0.5, 0.6) is 0 Å². The third kappa shape index (κ3) is 2.53. The van der Waals surface area contributed by atoms with Crippen molar-refractivity contribution in [3.63, 3.8) is 0 Å². The fourth-order valence-electron chi connectivity index (χ4n) is 2.34. The first kappa shape index (κ1) is 12.7. The van der Waals surface area contributed by atoms with E-state index in [9.17, 15) is 8.78 Å². The molecule has 2 nitrogen and oxygen atoms in total. The van der Waals surface area contributed by atoms with Crippen LogP contribution in [-0.2, 0) is 0 Å². The summed E-state index contributed by atoms with van der Waals surface area (Å²) >= 11 is 1.50. The van der Waals surface area contributed by atoms with Crippen molar-refractivity contribution in [3.8, 4) is 11.3 Å². The van der Waals surface area contributed by atoms with E-state index in [0.717, 1.165) is 24.0 Å². The maximum atomic E-state index is 13.7. The van der Waals surface area contributed by atoms with Crippen molar-refractivity contribution in [3.05, 3.63) is 40.2 Å². The SMILES string of the molecule is Fc1cccc(-c2csc(C3CCCCN3)n2)c1F. The summed E-state index contributed by atoms with van der Waals surface area (Å²) < 4.78 is 26.9. The van der Waals surface area contributed by atoms with Gasteiger partial charge in [0.25, 0.3) is 0 Å². The molecule has 1 fully saturated rings. The third-order valence-electron chi connectivity index (χ3n) is 3.36. The van der Waals surface area contributed by atoms with Gasteiger partial charge >= 0.3 is 0 Å². The molecule has 2 aromatic rings.